The Morgan fingerprint density at radius 1 is 1.00 bits per heavy atom. The van der Waals surface area contributed by atoms with Crippen LogP contribution in [0.5, 0.6) is 5.75 Å². The monoisotopic (exact) mass is 538 g/mol. The number of anilines is 1. The zero-order chi connectivity index (χ0) is 24.4. The fourth-order valence-corrected chi connectivity index (χ4v) is 3.93. The van der Waals surface area contributed by atoms with Crippen LogP contribution in [-0.4, -0.2) is 17.8 Å². The molecule has 0 spiro atoms. The van der Waals surface area contributed by atoms with Gasteiger partial charge in [-0.1, -0.05) is 63.4 Å². The van der Waals surface area contributed by atoms with E-state index in [1.165, 1.54) is 12.1 Å². The molecule has 34 heavy (non-hydrogen) atoms. The Bertz CT molecular complexity index is 1340. The summed E-state index contributed by atoms with van der Waals surface area (Å²) in [4.78, 5) is 39.2. The van der Waals surface area contributed by atoms with Gasteiger partial charge in [-0.3, -0.25) is 14.9 Å². The first-order chi connectivity index (χ1) is 16.2. The molecule has 0 aliphatic carbocycles. The van der Waals surface area contributed by atoms with E-state index in [-0.39, 0.29) is 11.3 Å². The molecule has 0 bridgehead atoms. The number of imide groups is 2. The predicted molar refractivity (Wildman–Crippen MR) is 135 cm³/mol. The van der Waals surface area contributed by atoms with E-state index in [9.17, 15) is 14.4 Å². The molecule has 3 aromatic carbocycles. The molecule has 1 aliphatic rings. The minimum Gasteiger partial charge on any atom is -0.488 e. The second-order valence-corrected chi connectivity index (χ2v) is 9.17. The summed E-state index contributed by atoms with van der Waals surface area (Å²) in [6, 6.07) is 17.2. The second-order valence-electron chi connectivity index (χ2n) is 7.85. The number of hydrogen-bond donors (Lipinski definition) is 1. The summed E-state index contributed by atoms with van der Waals surface area (Å²) in [5, 5.41) is 2.63. The highest BCUT2D eigenvalue weighted by atomic mass is 79.9. The van der Waals surface area contributed by atoms with Gasteiger partial charge in [0.05, 0.1) is 5.69 Å². The molecule has 1 fully saturated rings. The zero-order valence-corrected chi connectivity index (χ0v) is 20.7. The van der Waals surface area contributed by atoms with E-state index in [2.05, 4.69) is 21.2 Å². The van der Waals surface area contributed by atoms with E-state index in [1.54, 1.807) is 30.3 Å². The number of ether oxygens (including phenoxy) is 1. The predicted octanol–water partition coefficient (Wildman–Crippen LogP) is 5.96. The van der Waals surface area contributed by atoms with Gasteiger partial charge < -0.3 is 4.74 Å². The van der Waals surface area contributed by atoms with E-state index in [1.807, 2.05) is 38.1 Å². The average molecular weight is 540 g/mol. The minimum atomic E-state index is -0.836. The Balaban J connectivity index is 1.67. The number of barbiturate groups is 1. The van der Waals surface area contributed by atoms with Crippen molar-refractivity contribution in [2.24, 2.45) is 0 Å². The molecular weight excluding hydrogens is 520 g/mol. The van der Waals surface area contributed by atoms with Crippen molar-refractivity contribution in [3.63, 3.8) is 0 Å². The molecule has 1 N–H and O–H groups in total. The molecule has 3 aromatic rings. The van der Waals surface area contributed by atoms with Crippen LogP contribution in [0.1, 0.15) is 22.3 Å². The maximum absolute atomic E-state index is 13.2. The molecule has 172 valence electrons. The maximum Gasteiger partial charge on any atom is 0.335 e. The van der Waals surface area contributed by atoms with Crippen molar-refractivity contribution in [2.75, 3.05) is 4.90 Å². The first-order valence-corrected chi connectivity index (χ1v) is 11.6. The third-order valence-corrected chi connectivity index (χ3v) is 6.20. The van der Waals surface area contributed by atoms with Crippen LogP contribution in [0.4, 0.5) is 10.5 Å². The van der Waals surface area contributed by atoms with Crippen molar-refractivity contribution in [1.82, 2.24) is 5.32 Å². The first kappa shape index (κ1) is 23.7. The van der Waals surface area contributed by atoms with Crippen molar-refractivity contribution >= 4 is 57.1 Å². The first-order valence-electron chi connectivity index (χ1n) is 10.4. The van der Waals surface area contributed by atoms with E-state index in [0.29, 0.717) is 22.9 Å². The summed E-state index contributed by atoms with van der Waals surface area (Å²) < 4.78 is 6.72. The van der Waals surface area contributed by atoms with Gasteiger partial charge >= 0.3 is 6.03 Å². The van der Waals surface area contributed by atoms with Crippen LogP contribution < -0.4 is 15.0 Å². The number of hydrogen-bond acceptors (Lipinski definition) is 4. The quantitative estimate of drug-likeness (QED) is 0.320. The maximum atomic E-state index is 13.2. The van der Waals surface area contributed by atoms with Crippen LogP contribution >= 0.6 is 27.5 Å². The Morgan fingerprint density at radius 2 is 1.74 bits per heavy atom. The molecule has 0 unspecified atom stereocenters. The van der Waals surface area contributed by atoms with Crippen molar-refractivity contribution < 1.29 is 19.1 Å². The summed E-state index contributed by atoms with van der Waals surface area (Å²) in [5.41, 5.74) is 3.50. The SMILES string of the molecule is Cc1ccc(COc2ccc(Br)cc2/C=C2/C(=O)NC(=O)N(c3ccc(C)c(Cl)c3)C2=O)cc1. The lowest BCUT2D eigenvalue weighted by molar-refractivity contribution is -0.122. The van der Waals surface area contributed by atoms with Gasteiger partial charge in [-0.15, -0.1) is 0 Å². The van der Waals surface area contributed by atoms with Crippen LogP contribution in [0.25, 0.3) is 6.08 Å². The van der Waals surface area contributed by atoms with Crippen molar-refractivity contribution in [3.8, 4) is 5.75 Å². The van der Waals surface area contributed by atoms with E-state index >= 15 is 0 Å². The molecule has 4 rings (SSSR count). The second kappa shape index (κ2) is 9.83. The van der Waals surface area contributed by atoms with Crippen LogP contribution in [0.3, 0.4) is 0 Å². The number of rotatable bonds is 5. The number of urea groups is 1. The van der Waals surface area contributed by atoms with Gasteiger partial charge in [0.15, 0.2) is 0 Å². The molecule has 4 amide bonds. The van der Waals surface area contributed by atoms with Gasteiger partial charge in [0, 0.05) is 15.1 Å². The number of amides is 4. The molecule has 1 heterocycles. The molecule has 8 heteroatoms. The number of carbonyl (C=O) groups excluding carboxylic acids is 3. The van der Waals surface area contributed by atoms with Crippen LogP contribution in [0.2, 0.25) is 5.02 Å². The lowest BCUT2D eigenvalue weighted by atomic mass is 10.1. The summed E-state index contributed by atoms with van der Waals surface area (Å²) in [7, 11) is 0. The molecule has 0 radical (unpaired) electrons. The fourth-order valence-electron chi connectivity index (χ4n) is 3.38. The summed E-state index contributed by atoms with van der Waals surface area (Å²) in [6.07, 6.45) is 1.42. The van der Waals surface area contributed by atoms with Crippen LogP contribution in [0, 0.1) is 13.8 Å². The standard InChI is InChI=1S/C26H20BrClN2O4/c1-15-3-6-17(7-4-15)14-34-23-10-8-19(27)11-18(23)12-21-24(31)29-26(33)30(25(21)32)20-9-5-16(2)22(28)13-20/h3-13H,14H2,1-2H3,(H,29,31,33)/b21-12-. The Labute approximate surface area is 210 Å². The van der Waals surface area contributed by atoms with Crippen LogP contribution in [-0.2, 0) is 16.2 Å². The molecule has 6 nitrogen and oxygen atoms in total. The highest BCUT2D eigenvalue weighted by Gasteiger charge is 2.37. The van der Waals surface area contributed by atoms with Crippen LogP contribution in [0.15, 0.2) is 70.7 Å². The van der Waals surface area contributed by atoms with Gasteiger partial charge in [0.2, 0.25) is 0 Å². The van der Waals surface area contributed by atoms with Gasteiger partial charge in [-0.2, -0.15) is 0 Å². The highest BCUT2D eigenvalue weighted by Crippen LogP contribution is 2.30. The zero-order valence-electron chi connectivity index (χ0n) is 18.4. The van der Waals surface area contributed by atoms with Crippen molar-refractivity contribution in [1.29, 1.82) is 0 Å². The molecule has 1 saturated heterocycles. The number of nitrogens with zero attached hydrogens (tertiary/aromatic N) is 1. The molecule has 0 saturated carbocycles. The molecular formula is C26H20BrClN2O4. The summed E-state index contributed by atoms with van der Waals surface area (Å²) in [6.45, 7) is 4.13. The number of benzene rings is 3. The third kappa shape index (κ3) is 5.05. The van der Waals surface area contributed by atoms with E-state index in [0.717, 1.165) is 26.1 Å². The Morgan fingerprint density at radius 3 is 2.44 bits per heavy atom. The van der Waals surface area contributed by atoms with E-state index in [4.69, 9.17) is 16.3 Å². The summed E-state index contributed by atoms with van der Waals surface area (Å²) in [5.74, 6) is -1.05. The van der Waals surface area contributed by atoms with Gasteiger partial charge in [0.25, 0.3) is 11.8 Å². The number of aryl methyl sites for hydroxylation is 2. The normalized spacial score (nSPS) is 15.0. The molecule has 0 atom stereocenters. The van der Waals surface area contributed by atoms with Gasteiger partial charge in [-0.05, 0) is 61.4 Å². The smallest absolute Gasteiger partial charge is 0.335 e. The Kier molecular flexibility index (Phi) is 6.86. The number of nitrogens with one attached hydrogen (secondary N) is 1. The Hall–Kier alpha value is -3.42. The number of carbonyl (C=O) groups is 3. The lowest BCUT2D eigenvalue weighted by Gasteiger charge is -2.26. The molecule has 1 aliphatic heterocycles. The van der Waals surface area contributed by atoms with Gasteiger partial charge in [0.1, 0.15) is 17.9 Å². The van der Waals surface area contributed by atoms with Gasteiger partial charge in [-0.25, -0.2) is 9.69 Å². The minimum absolute atomic E-state index is 0.199. The van der Waals surface area contributed by atoms with Crippen molar-refractivity contribution in [3.05, 3.63) is 98.0 Å². The topological polar surface area (TPSA) is 75.7 Å². The highest BCUT2D eigenvalue weighted by molar-refractivity contribution is 9.10. The average Bonchev–Trinajstić information content (AvgIpc) is 2.79. The molecule has 0 aromatic heterocycles. The third-order valence-electron chi connectivity index (χ3n) is 5.30. The summed E-state index contributed by atoms with van der Waals surface area (Å²) >= 11 is 9.60. The largest absolute Gasteiger partial charge is 0.488 e. The van der Waals surface area contributed by atoms with E-state index < -0.39 is 17.8 Å². The lowest BCUT2D eigenvalue weighted by Crippen LogP contribution is -2.54. The fraction of sp³-hybridized carbons (Fsp3) is 0.115. The number of halogens is 2. The van der Waals surface area contributed by atoms with Crippen molar-refractivity contribution in [2.45, 2.75) is 20.5 Å².